The Labute approximate surface area is 185 Å². The van der Waals surface area contributed by atoms with Gasteiger partial charge in [0, 0.05) is 22.5 Å². The van der Waals surface area contributed by atoms with Crippen molar-refractivity contribution in [3.8, 4) is 0 Å². The fourth-order valence-electron chi connectivity index (χ4n) is 3.89. The number of ketones is 1. The maximum atomic E-state index is 13.2. The lowest BCUT2D eigenvalue weighted by Gasteiger charge is -2.26. The molecule has 3 aromatic rings. The van der Waals surface area contributed by atoms with Crippen molar-refractivity contribution in [1.29, 1.82) is 0 Å². The number of pyridine rings is 1. The van der Waals surface area contributed by atoms with Gasteiger partial charge in [-0.05, 0) is 62.2 Å². The molecule has 1 N–H and O–H groups in total. The number of nitrogens with zero attached hydrogens (tertiary/aromatic N) is 2. The third-order valence-electron chi connectivity index (χ3n) is 5.56. The summed E-state index contributed by atoms with van der Waals surface area (Å²) in [6.07, 6.45) is 1.60. The van der Waals surface area contributed by atoms with Gasteiger partial charge in [-0.2, -0.15) is 0 Å². The first-order valence-corrected chi connectivity index (χ1v) is 10.2. The number of aromatic nitrogens is 1. The van der Waals surface area contributed by atoms with Gasteiger partial charge in [0.1, 0.15) is 11.8 Å². The molecule has 1 unspecified atom stereocenters. The van der Waals surface area contributed by atoms with Gasteiger partial charge in [-0.25, -0.2) is 0 Å². The number of carbonyl (C=O) groups is 2. The van der Waals surface area contributed by atoms with E-state index in [1.54, 1.807) is 55.6 Å². The second-order valence-corrected chi connectivity index (χ2v) is 8.03. The zero-order valence-electron chi connectivity index (χ0n) is 17.4. The minimum absolute atomic E-state index is 0.0109. The number of Topliss-reactive ketones (excluding diaryl/α,β-unsaturated/α-hetero) is 1. The Kier molecular flexibility index (Phi) is 5.38. The second kappa shape index (κ2) is 8.00. The standard InChI is InChI=1S/C25H21ClN2O3/c1-14-10-11-15(2)17(13-14)23(29)21-22(19-8-4-5-12-27-19)28(25(31)24(21)30)20-9-6-7-18(26)16(20)3/h4-13,22,29H,1-3H3/b23-21+. The van der Waals surface area contributed by atoms with Gasteiger partial charge in [-0.1, -0.05) is 41.4 Å². The van der Waals surface area contributed by atoms with Crippen LogP contribution in [0.25, 0.3) is 5.76 Å². The summed E-state index contributed by atoms with van der Waals surface area (Å²) in [5.74, 6) is -1.70. The van der Waals surface area contributed by atoms with Crippen LogP contribution in [0, 0.1) is 20.8 Å². The van der Waals surface area contributed by atoms with Gasteiger partial charge < -0.3 is 5.11 Å². The number of aliphatic hydroxyl groups is 1. The highest BCUT2D eigenvalue weighted by molar-refractivity contribution is 6.52. The van der Waals surface area contributed by atoms with Crippen LogP contribution >= 0.6 is 11.6 Å². The van der Waals surface area contributed by atoms with Gasteiger partial charge in [-0.3, -0.25) is 19.5 Å². The average molecular weight is 433 g/mol. The fraction of sp³-hybridized carbons (Fsp3) is 0.160. The van der Waals surface area contributed by atoms with Crippen molar-refractivity contribution in [2.24, 2.45) is 0 Å². The summed E-state index contributed by atoms with van der Waals surface area (Å²) in [6.45, 7) is 5.54. The Bertz CT molecular complexity index is 1230. The van der Waals surface area contributed by atoms with Gasteiger partial charge in [0.05, 0.1) is 11.3 Å². The largest absolute Gasteiger partial charge is 0.507 e. The van der Waals surface area contributed by atoms with Gasteiger partial charge >= 0.3 is 0 Å². The predicted molar refractivity (Wildman–Crippen MR) is 121 cm³/mol. The van der Waals surface area contributed by atoms with Crippen molar-refractivity contribution >= 4 is 34.7 Å². The SMILES string of the molecule is Cc1ccc(C)c(/C(O)=C2\C(=O)C(=O)N(c3cccc(Cl)c3C)C2c2ccccn2)c1. The zero-order chi connectivity index (χ0) is 22.3. The van der Waals surface area contributed by atoms with E-state index < -0.39 is 17.7 Å². The number of benzene rings is 2. The maximum absolute atomic E-state index is 13.2. The molecule has 1 saturated heterocycles. The second-order valence-electron chi connectivity index (χ2n) is 7.63. The average Bonchev–Trinajstić information content (AvgIpc) is 3.03. The van der Waals surface area contributed by atoms with Gasteiger partial charge in [-0.15, -0.1) is 0 Å². The van der Waals surface area contributed by atoms with E-state index in [4.69, 9.17) is 11.6 Å². The summed E-state index contributed by atoms with van der Waals surface area (Å²) in [5.41, 5.74) is 3.91. The molecular formula is C25H21ClN2O3. The Morgan fingerprint density at radius 2 is 1.81 bits per heavy atom. The molecule has 0 radical (unpaired) electrons. The van der Waals surface area contributed by atoms with Crippen LogP contribution in [0.15, 0.2) is 66.4 Å². The molecule has 1 amide bonds. The van der Waals surface area contributed by atoms with Crippen molar-refractivity contribution < 1.29 is 14.7 Å². The van der Waals surface area contributed by atoms with E-state index in [-0.39, 0.29) is 11.3 Å². The van der Waals surface area contributed by atoms with Crippen LogP contribution in [-0.2, 0) is 9.59 Å². The fourth-order valence-corrected chi connectivity index (χ4v) is 4.06. The van der Waals surface area contributed by atoms with Crippen LogP contribution < -0.4 is 4.90 Å². The molecule has 0 bridgehead atoms. The molecular weight excluding hydrogens is 412 g/mol. The summed E-state index contributed by atoms with van der Waals surface area (Å²) >= 11 is 6.30. The van der Waals surface area contributed by atoms with E-state index in [0.717, 1.165) is 11.1 Å². The minimum Gasteiger partial charge on any atom is -0.507 e. The smallest absolute Gasteiger partial charge is 0.300 e. The first kappa shape index (κ1) is 20.8. The summed E-state index contributed by atoms with van der Waals surface area (Å²) in [4.78, 5) is 32.2. The topological polar surface area (TPSA) is 70.5 Å². The Morgan fingerprint density at radius 3 is 2.52 bits per heavy atom. The lowest BCUT2D eigenvalue weighted by atomic mass is 9.95. The van der Waals surface area contributed by atoms with Crippen LogP contribution in [-0.4, -0.2) is 21.8 Å². The van der Waals surface area contributed by atoms with Crippen LogP contribution in [0.2, 0.25) is 5.02 Å². The normalized spacial score (nSPS) is 17.9. The molecule has 5 nitrogen and oxygen atoms in total. The minimum atomic E-state index is -0.877. The maximum Gasteiger partial charge on any atom is 0.300 e. The third kappa shape index (κ3) is 3.51. The van der Waals surface area contributed by atoms with E-state index in [2.05, 4.69) is 4.98 Å². The highest BCUT2D eigenvalue weighted by Gasteiger charge is 2.48. The van der Waals surface area contributed by atoms with E-state index in [1.165, 1.54) is 4.90 Å². The van der Waals surface area contributed by atoms with Gasteiger partial charge in [0.2, 0.25) is 0 Å². The number of hydrogen-bond donors (Lipinski definition) is 1. The molecule has 31 heavy (non-hydrogen) atoms. The molecule has 0 aliphatic carbocycles. The quantitative estimate of drug-likeness (QED) is 0.347. The molecule has 156 valence electrons. The molecule has 6 heteroatoms. The summed E-state index contributed by atoms with van der Waals surface area (Å²) in [7, 11) is 0. The Balaban J connectivity index is 2.01. The van der Waals surface area contributed by atoms with Crippen molar-refractivity contribution in [3.05, 3.63) is 99.3 Å². The monoisotopic (exact) mass is 432 g/mol. The lowest BCUT2D eigenvalue weighted by Crippen LogP contribution is -2.30. The van der Waals surface area contributed by atoms with Crippen molar-refractivity contribution in [3.63, 3.8) is 0 Å². The molecule has 4 rings (SSSR count). The summed E-state index contributed by atoms with van der Waals surface area (Å²) < 4.78 is 0. The molecule has 1 fully saturated rings. The van der Waals surface area contributed by atoms with Crippen molar-refractivity contribution in [2.45, 2.75) is 26.8 Å². The first-order valence-electron chi connectivity index (χ1n) is 9.86. The summed E-state index contributed by atoms with van der Waals surface area (Å²) in [5, 5.41) is 11.7. The molecule has 1 aliphatic rings. The third-order valence-corrected chi connectivity index (χ3v) is 5.97. The summed E-state index contributed by atoms with van der Waals surface area (Å²) in [6, 6.07) is 15.2. The lowest BCUT2D eigenvalue weighted by molar-refractivity contribution is -0.132. The van der Waals surface area contributed by atoms with Crippen molar-refractivity contribution in [2.75, 3.05) is 4.90 Å². The van der Waals surface area contributed by atoms with Crippen LogP contribution in [0.3, 0.4) is 0 Å². The Hall–Kier alpha value is -3.44. The number of halogens is 1. The van der Waals surface area contributed by atoms with E-state index in [9.17, 15) is 14.7 Å². The number of anilines is 1. The van der Waals surface area contributed by atoms with Crippen LogP contribution in [0.4, 0.5) is 5.69 Å². The van der Waals surface area contributed by atoms with Gasteiger partial charge in [0.15, 0.2) is 0 Å². The Morgan fingerprint density at radius 1 is 1.03 bits per heavy atom. The number of amides is 1. The van der Waals surface area contributed by atoms with Gasteiger partial charge in [0.25, 0.3) is 11.7 Å². The highest BCUT2D eigenvalue weighted by Crippen LogP contribution is 2.43. The first-order chi connectivity index (χ1) is 14.8. The molecule has 0 spiro atoms. The predicted octanol–water partition coefficient (Wildman–Crippen LogP) is 5.29. The number of rotatable bonds is 3. The molecule has 0 saturated carbocycles. The number of aliphatic hydroxyl groups excluding tert-OH is 1. The number of hydrogen-bond acceptors (Lipinski definition) is 4. The highest BCUT2D eigenvalue weighted by atomic mass is 35.5. The van der Waals surface area contributed by atoms with Crippen LogP contribution in [0.5, 0.6) is 0 Å². The van der Waals surface area contributed by atoms with Crippen molar-refractivity contribution in [1.82, 2.24) is 4.98 Å². The molecule has 2 heterocycles. The molecule has 1 aliphatic heterocycles. The van der Waals surface area contributed by atoms with E-state index in [1.807, 2.05) is 26.0 Å². The van der Waals surface area contributed by atoms with E-state index in [0.29, 0.717) is 27.5 Å². The number of aryl methyl sites for hydroxylation is 2. The zero-order valence-corrected chi connectivity index (χ0v) is 18.1. The van der Waals surface area contributed by atoms with E-state index >= 15 is 0 Å². The molecule has 1 aromatic heterocycles. The number of carbonyl (C=O) groups excluding carboxylic acids is 2. The molecule has 1 atom stereocenters. The van der Waals surface area contributed by atoms with Crippen LogP contribution in [0.1, 0.15) is 34.0 Å². The molecule has 2 aromatic carbocycles.